The second kappa shape index (κ2) is 9.71. The van der Waals surface area contributed by atoms with E-state index in [2.05, 4.69) is 20.5 Å². The van der Waals surface area contributed by atoms with Gasteiger partial charge in [-0.3, -0.25) is 14.9 Å². The SMILES string of the molecule is O=C(Cc1cccc(-c2nc3c(c(Nc4ccc(-c5cn[nH]c5)cc4)n2)COC3)c1)c1cncc(F)c1. The third-order valence-electron chi connectivity index (χ3n) is 6.13. The first kappa shape index (κ1) is 22.7. The van der Waals surface area contributed by atoms with Crippen LogP contribution in [0.1, 0.15) is 27.2 Å². The lowest BCUT2D eigenvalue weighted by molar-refractivity contribution is 0.0992. The molecule has 2 aromatic carbocycles. The number of carbonyl (C=O) groups excluding carboxylic acids is 1. The predicted octanol–water partition coefficient (Wildman–Crippen LogP) is 5.27. The van der Waals surface area contributed by atoms with E-state index in [1.54, 1.807) is 6.20 Å². The number of nitrogens with zero attached hydrogens (tertiary/aromatic N) is 4. The number of ether oxygens (including phenoxy) is 1. The summed E-state index contributed by atoms with van der Waals surface area (Å²) in [5, 5.41) is 10.2. The van der Waals surface area contributed by atoms with Crippen LogP contribution in [-0.2, 0) is 24.4 Å². The average molecular weight is 493 g/mol. The Morgan fingerprint density at radius 3 is 2.68 bits per heavy atom. The summed E-state index contributed by atoms with van der Waals surface area (Å²) in [7, 11) is 0. The highest BCUT2D eigenvalue weighted by atomic mass is 19.1. The van der Waals surface area contributed by atoms with Gasteiger partial charge < -0.3 is 10.1 Å². The van der Waals surface area contributed by atoms with Gasteiger partial charge in [-0.05, 0) is 35.4 Å². The number of H-pyrrole nitrogens is 1. The van der Waals surface area contributed by atoms with Crippen molar-refractivity contribution < 1.29 is 13.9 Å². The molecule has 0 aliphatic carbocycles. The van der Waals surface area contributed by atoms with E-state index in [0.717, 1.165) is 45.4 Å². The monoisotopic (exact) mass is 492 g/mol. The third-order valence-corrected chi connectivity index (χ3v) is 6.13. The van der Waals surface area contributed by atoms with Gasteiger partial charge in [0.2, 0.25) is 0 Å². The Bertz CT molecular complexity index is 1590. The van der Waals surface area contributed by atoms with Crippen molar-refractivity contribution in [1.29, 1.82) is 0 Å². The van der Waals surface area contributed by atoms with Gasteiger partial charge in [-0.1, -0.05) is 30.3 Å². The lowest BCUT2D eigenvalue weighted by Crippen LogP contribution is -2.06. The molecule has 1 aliphatic heterocycles. The van der Waals surface area contributed by atoms with Gasteiger partial charge in [-0.25, -0.2) is 14.4 Å². The first-order valence-electron chi connectivity index (χ1n) is 11.7. The topological polar surface area (TPSA) is 106 Å². The summed E-state index contributed by atoms with van der Waals surface area (Å²) in [6.45, 7) is 0.838. The number of hydrogen-bond acceptors (Lipinski definition) is 7. The number of pyridine rings is 1. The lowest BCUT2D eigenvalue weighted by atomic mass is 10.0. The first-order valence-corrected chi connectivity index (χ1v) is 11.7. The second-order valence-electron chi connectivity index (χ2n) is 8.70. The third kappa shape index (κ3) is 4.85. The zero-order valence-corrected chi connectivity index (χ0v) is 19.6. The van der Waals surface area contributed by atoms with Crippen molar-refractivity contribution in [1.82, 2.24) is 25.1 Å². The van der Waals surface area contributed by atoms with E-state index in [1.807, 2.05) is 54.7 Å². The van der Waals surface area contributed by atoms with Crippen LogP contribution < -0.4 is 5.32 Å². The molecule has 0 bridgehead atoms. The number of rotatable bonds is 7. The molecule has 0 radical (unpaired) electrons. The van der Waals surface area contributed by atoms with E-state index in [1.165, 1.54) is 12.3 Å². The number of aromatic nitrogens is 5. The fraction of sp³-hybridized carbons (Fsp3) is 0.107. The van der Waals surface area contributed by atoms with Crippen LogP contribution >= 0.6 is 0 Å². The van der Waals surface area contributed by atoms with Crippen molar-refractivity contribution in [2.75, 3.05) is 5.32 Å². The molecule has 0 amide bonds. The maximum Gasteiger partial charge on any atom is 0.168 e. The Morgan fingerprint density at radius 2 is 1.86 bits per heavy atom. The highest BCUT2D eigenvalue weighted by Gasteiger charge is 2.21. The van der Waals surface area contributed by atoms with Gasteiger partial charge in [0.25, 0.3) is 0 Å². The lowest BCUT2D eigenvalue weighted by Gasteiger charge is -2.12. The van der Waals surface area contributed by atoms with Crippen molar-refractivity contribution in [3.05, 3.63) is 108 Å². The standard InChI is InChI=1S/C28H21FN6O2/c29-22-10-20(11-30-14-22)26(36)9-17-2-1-3-19(8-17)27-34-25-16-37-15-24(25)28(35-27)33-23-6-4-18(5-7-23)21-12-31-32-13-21/h1-8,10-14H,9,15-16H2,(H,31,32)(H,33,34,35). The van der Waals surface area contributed by atoms with Crippen molar-refractivity contribution in [3.63, 3.8) is 0 Å². The second-order valence-corrected chi connectivity index (χ2v) is 8.70. The molecule has 4 heterocycles. The Morgan fingerprint density at radius 1 is 0.973 bits per heavy atom. The van der Waals surface area contributed by atoms with Crippen LogP contribution in [0.15, 0.2) is 79.4 Å². The average Bonchev–Trinajstić information content (AvgIpc) is 3.62. The van der Waals surface area contributed by atoms with Gasteiger partial charge in [0.1, 0.15) is 11.6 Å². The van der Waals surface area contributed by atoms with Crippen molar-refractivity contribution in [3.8, 4) is 22.5 Å². The fourth-order valence-electron chi connectivity index (χ4n) is 4.25. The van der Waals surface area contributed by atoms with Gasteiger partial charge in [0.05, 0.1) is 31.3 Å². The van der Waals surface area contributed by atoms with Crippen LogP contribution in [0.4, 0.5) is 15.9 Å². The number of anilines is 2. The zero-order valence-electron chi connectivity index (χ0n) is 19.6. The van der Waals surface area contributed by atoms with Crippen LogP contribution in [0, 0.1) is 5.82 Å². The molecule has 8 nitrogen and oxygen atoms in total. The van der Waals surface area contributed by atoms with Gasteiger partial charge in [-0.2, -0.15) is 5.10 Å². The van der Waals surface area contributed by atoms with Crippen LogP contribution in [0.2, 0.25) is 0 Å². The van der Waals surface area contributed by atoms with Gasteiger partial charge in [0.15, 0.2) is 11.6 Å². The number of fused-ring (bicyclic) bond motifs is 1. The molecular weight excluding hydrogens is 471 g/mol. The molecule has 3 aromatic heterocycles. The first-order chi connectivity index (χ1) is 18.1. The molecule has 5 aromatic rings. The Hall–Kier alpha value is -4.76. The van der Waals surface area contributed by atoms with Crippen LogP contribution in [0.3, 0.4) is 0 Å². The van der Waals surface area contributed by atoms with Gasteiger partial charge >= 0.3 is 0 Å². The van der Waals surface area contributed by atoms with E-state index >= 15 is 0 Å². The minimum Gasteiger partial charge on any atom is -0.370 e. The minimum atomic E-state index is -0.537. The molecule has 6 rings (SSSR count). The minimum absolute atomic E-state index is 0.112. The Balaban J connectivity index is 1.27. The molecule has 0 unspecified atom stereocenters. The van der Waals surface area contributed by atoms with Crippen molar-refractivity contribution >= 4 is 17.3 Å². The van der Waals surface area contributed by atoms with Crippen LogP contribution in [0.5, 0.6) is 0 Å². The molecule has 37 heavy (non-hydrogen) atoms. The molecule has 182 valence electrons. The van der Waals surface area contributed by atoms with E-state index < -0.39 is 5.82 Å². The number of ketones is 1. The number of halogens is 1. The van der Waals surface area contributed by atoms with Crippen molar-refractivity contribution in [2.24, 2.45) is 0 Å². The molecular formula is C28H21FN6O2. The van der Waals surface area contributed by atoms with Gasteiger partial charge in [-0.15, -0.1) is 0 Å². The maximum atomic E-state index is 13.5. The summed E-state index contributed by atoms with van der Waals surface area (Å²) in [5.41, 5.74) is 6.49. The molecule has 0 saturated carbocycles. The number of hydrogen-bond donors (Lipinski definition) is 2. The Labute approximate surface area is 211 Å². The van der Waals surface area contributed by atoms with Crippen molar-refractivity contribution in [2.45, 2.75) is 19.6 Å². The summed E-state index contributed by atoms with van der Waals surface area (Å²) in [5.74, 6) is 0.461. The molecule has 0 fully saturated rings. The molecule has 9 heteroatoms. The molecule has 0 atom stereocenters. The number of aromatic amines is 1. The highest BCUT2D eigenvalue weighted by molar-refractivity contribution is 5.97. The smallest absolute Gasteiger partial charge is 0.168 e. The quantitative estimate of drug-likeness (QED) is 0.298. The summed E-state index contributed by atoms with van der Waals surface area (Å²) in [6.07, 6.45) is 6.19. The predicted molar refractivity (Wildman–Crippen MR) is 135 cm³/mol. The molecule has 0 spiro atoms. The fourth-order valence-corrected chi connectivity index (χ4v) is 4.25. The van der Waals surface area contributed by atoms with E-state index in [9.17, 15) is 9.18 Å². The van der Waals surface area contributed by atoms with E-state index in [0.29, 0.717) is 24.9 Å². The highest BCUT2D eigenvalue weighted by Crippen LogP contribution is 2.31. The normalized spacial score (nSPS) is 12.4. The Kier molecular flexibility index (Phi) is 5.95. The zero-order chi connectivity index (χ0) is 25.2. The number of Topliss-reactive ketones (excluding diaryl/α,β-unsaturated/α-hetero) is 1. The molecule has 0 saturated heterocycles. The van der Waals surface area contributed by atoms with Gasteiger partial charge in [0, 0.05) is 46.8 Å². The number of carbonyl (C=O) groups is 1. The van der Waals surface area contributed by atoms with Crippen LogP contribution in [0.25, 0.3) is 22.5 Å². The summed E-state index contributed by atoms with van der Waals surface area (Å²) < 4.78 is 19.1. The summed E-state index contributed by atoms with van der Waals surface area (Å²) >= 11 is 0. The van der Waals surface area contributed by atoms with E-state index in [-0.39, 0.29) is 17.8 Å². The largest absolute Gasteiger partial charge is 0.370 e. The molecule has 1 aliphatic rings. The summed E-state index contributed by atoms with van der Waals surface area (Å²) in [4.78, 5) is 26.0. The summed E-state index contributed by atoms with van der Waals surface area (Å²) in [6, 6.07) is 16.7. The number of nitrogens with one attached hydrogen (secondary N) is 2. The maximum absolute atomic E-state index is 13.5. The van der Waals surface area contributed by atoms with Crippen LogP contribution in [-0.4, -0.2) is 30.9 Å². The molecule has 2 N–H and O–H groups in total. The number of benzene rings is 2. The van der Waals surface area contributed by atoms with E-state index in [4.69, 9.17) is 14.7 Å².